The molecule has 128 valence electrons. The van der Waals surface area contributed by atoms with Crippen LogP contribution in [0.2, 0.25) is 5.15 Å². The maximum Gasteiger partial charge on any atom is 0.428 e. The molecule has 8 heteroatoms. The predicted molar refractivity (Wildman–Crippen MR) is 87.6 cm³/mol. The highest BCUT2D eigenvalue weighted by atomic mass is 35.5. The molecule has 0 saturated heterocycles. The van der Waals surface area contributed by atoms with Gasteiger partial charge in [0.25, 0.3) is 5.19 Å². The summed E-state index contributed by atoms with van der Waals surface area (Å²) in [5.74, 6) is 0.147. The third-order valence-corrected chi connectivity index (χ3v) is 4.47. The van der Waals surface area contributed by atoms with Gasteiger partial charge in [-0.05, 0) is 13.0 Å². The summed E-state index contributed by atoms with van der Waals surface area (Å²) < 4.78 is 43.8. The van der Waals surface area contributed by atoms with Crippen LogP contribution >= 0.6 is 22.9 Å². The lowest BCUT2D eigenvalue weighted by Gasteiger charge is -2.11. The summed E-state index contributed by atoms with van der Waals surface area (Å²) in [5, 5.41) is -0.893. The maximum absolute atomic E-state index is 12.8. The normalized spacial score (nSPS) is 12.3. The summed E-state index contributed by atoms with van der Waals surface area (Å²) >= 11 is 5.84. The van der Waals surface area contributed by atoms with Crippen LogP contribution in [0, 0.1) is 0 Å². The average Bonchev–Trinajstić information content (AvgIpc) is 2.90. The summed E-state index contributed by atoms with van der Waals surface area (Å²) in [6, 6.07) is 6.59. The van der Waals surface area contributed by atoms with E-state index in [4.69, 9.17) is 16.3 Å². The van der Waals surface area contributed by atoms with Gasteiger partial charge in [0.2, 0.25) is 0 Å². The molecule has 3 nitrogen and oxygen atoms in total. The predicted octanol–water partition coefficient (Wildman–Crippen LogP) is 5.99. The topological polar surface area (TPSA) is 39.2 Å². The van der Waals surface area contributed by atoms with Crippen LogP contribution in [-0.4, -0.2) is 10.8 Å². The second-order valence-electron chi connectivity index (χ2n) is 4.67. The van der Waals surface area contributed by atoms with E-state index < -0.39 is 16.2 Å². The number of halogens is 4. The van der Waals surface area contributed by atoms with E-state index in [2.05, 4.69) is 4.98 Å². The van der Waals surface area contributed by atoms with Crippen molar-refractivity contribution in [2.24, 2.45) is 0 Å². The minimum absolute atomic E-state index is 0.0956. The highest BCUT2D eigenvalue weighted by Gasteiger charge is 2.37. The maximum atomic E-state index is 12.8. The molecule has 0 aliphatic rings. The van der Waals surface area contributed by atoms with E-state index in [0.29, 0.717) is 28.9 Å². The number of para-hydroxylation sites is 1. The van der Waals surface area contributed by atoms with Gasteiger partial charge < -0.3 is 4.74 Å². The van der Waals surface area contributed by atoms with Crippen LogP contribution in [0.4, 0.5) is 13.2 Å². The standard InChI is InChI=1S/C16H13ClF3NO2S/c1-3-9(11(22)4-2)10-7-5-6-8-12(10)23-15-21-14(17)13(24-15)16(18,19)20/h3,5-8H,4H2,1-2H3/b9-3+. The molecule has 0 saturated carbocycles. The number of aromatic nitrogens is 1. The van der Waals surface area contributed by atoms with Crippen molar-refractivity contribution in [2.75, 3.05) is 0 Å². The van der Waals surface area contributed by atoms with Gasteiger partial charge in [0.15, 0.2) is 15.8 Å². The first-order chi connectivity index (χ1) is 11.3. The average molecular weight is 376 g/mol. The zero-order valence-electron chi connectivity index (χ0n) is 12.8. The van der Waals surface area contributed by atoms with E-state index in [-0.39, 0.29) is 16.7 Å². The quantitative estimate of drug-likeness (QED) is 0.602. The van der Waals surface area contributed by atoms with E-state index >= 15 is 0 Å². The number of hydrogen-bond donors (Lipinski definition) is 0. The van der Waals surface area contributed by atoms with Crippen LogP contribution in [0.3, 0.4) is 0 Å². The van der Waals surface area contributed by atoms with Gasteiger partial charge in [-0.2, -0.15) is 18.2 Å². The summed E-state index contributed by atoms with van der Waals surface area (Å²) in [6.45, 7) is 3.44. The van der Waals surface area contributed by atoms with E-state index in [0.717, 1.165) is 0 Å². The molecule has 0 aliphatic heterocycles. The molecule has 0 N–H and O–H groups in total. The second kappa shape index (κ2) is 7.36. The third kappa shape index (κ3) is 3.96. The van der Waals surface area contributed by atoms with E-state index in [9.17, 15) is 18.0 Å². The molecule has 0 aliphatic carbocycles. The summed E-state index contributed by atoms with van der Waals surface area (Å²) in [7, 11) is 0. The Balaban J connectivity index is 2.40. The van der Waals surface area contributed by atoms with Crippen molar-refractivity contribution in [3.05, 3.63) is 45.9 Å². The van der Waals surface area contributed by atoms with Crippen molar-refractivity contribution in [3.63, 3.8) is 0 Å². The largest absolute Gasteiger partial charge is 0.430 e. The minimum atomic E-state index is -4.59. The molecule has 0 spiro atoms. The van der Waals surface area contributed by atoms with Gasteiger partial charge in [-0.25, -0.2) is 0 Å². The number of rotatable bonds is 5. The summed E-state index contributed by atoms with van der Waals surface area (Å²) in [6.07, 6.45) is -2.65. The molecular weight excluding hydrogens is 363 g/mol. The second-order valence-corrected chi connectivity index (χ2v) is 5.99. The van der Waals surface area contributed by atoms with E-state index in [1.165, 1.54) is 0 Å². The fourth-order valence-electron chi connectivity index (χ4n) is 2.03. The first-order valence-corrected chi connectivity index (χ1v) is 8.17. The van der Waals surface area contributed by atoms with Crippen molar-refractivity contribution < 1.29 is 22.7 Å². The monoisotopic (exact) mass is 375 g/mol. The molecule has 0 unspecified atom stereocenters. The van der Waals surface area contributed by atoms with Gasteiger partial charge in [-0.15, -0.1) is 0 Å². The Morgan fingerprint density at radius 3 is 2.58 bits per heavy atom. The summed E-state index contributed by atoms with van der Waals surface area (Å²) in [5.41, 5.74) is 0.929. The number of ether oxygens (including phenoxy) is 1. The van der Waals surface area contributed by atoms with Crippen molar-refractivity contribution in [2.45, 2.75) is 26.4 Å². The van der Waals surface area contributed by atoms with Crippen LogP contribution in [0.1, 0.15) is 30.7 Å². The lowest BCUT2D eigenvalue weighted by molar-refractivity contribution is -0.134. The Morgan fingerprint density at radius 2 is 2.04 bits per heavy atom. The SMILES string of the molecule is C/C=C(/C(=O)CC)c1ccccc1Oc1nc(Cl)c(C(F)(F)F)s1. The molecule has 0 atom stereocenters. The minimum Gasteiger partial charge on any atom is -0.430 e. The van der Waals surface area contributed by atoms with Gasteiger partial charge >= 0.3 is 6.18 Å². The lowest BCUT2D eigenvalue weighted by Crippen LogP contribution is -2.02. The van der Waals surface area contributed by atoms with E-state index in [1.807, 2.05) is 0 Å². The molecule has 0 amide bonds. The zero-order valence-corrected chi connectivity index (χ0v) is 14.4. The van der Waals surface area contributed by atoms with Gasteiger partial charge in [-0.3, -0.25) is 4.79 Å². The Kier molecular flexibility index (Phi) is 5.66. The molecule has 2 rings (SSSR count). The smallest absolute Gasteiger partial charge is 0.428 e. The number of allylic oxidation sites excluding steroid dienone is 2. The Hall–Kier alpha value is -1.86. The highest BCUT2D eigenvalue weighted by molar-refractivity contribution is 7.14. The Bertz CT molecular complexity index is 784. The molecule has 24 heavy (non-hydrogen) atoms. The van der Waals surface area contributed by atoms with Gasteiger partial charge in [0, 0.05) is 17.6 Å². The fourth-order valence-corrected chi connectivity index (χ4v) is 3.07. The van der Waals surface area contributed by atoms with Gasteiger partial charge in [0.1, 0.15) is 5.75 Å². The number of Topliss-reactive ketones (excluding diaryl/α,β-unsaturated/α-hetero) is 1. The number of alkyl halides is 3. The fraction of sp³-hybridized carbons (Fsp3) is 0.250. The number of hydrogen-bond acceptors (Lipinski definition) is 4. The van der Waals surface area contributed by atoms with Crippen molar-refractivity contribution in [3.8, 4) is 10.9 Å². The highest BCUT2D eigenvalue weighted by Crippen LogP contribution is 2.43. The molecule has 1 aromatic heterocycles. The number of benzene rings is 1. The molecule has 0 bridgehead atoms. The van der Waals surface area contributed by atoms with Crippen molar-refractivity contribution >= 4 is 34.3 Å². The molecule has 1 aromatic carbocycles. The first kappa shape index (κ1) is 18.5. The number of carbonyl (C=O) groups is 1. The first-order valence-electron chi connectivity index (χ1n) is 6.98. The Morgan fingerprint density at radius 1 is 1.38 bits per heavy atom. The number of carbonyl (C=O) groups excluding carboxylic acids is 1. The summed E-state index contributed by atoms with van der Waals surface area (Å²) in [4.78, 5) is 14.6. The van der Waals surface area contributed by atoms with Gasteiger partial charge in [0.05, 0.1) is 0 Å². The number of ketones is 1. The van der Waals surface area contributed by atoms with Crippen LogP contribution in [0.15, 0.2) is 30.3 Å². The molecule has 2 aromatic rings. The van der Waals surface area contributed by atoms with Crippen molar-refractivity contribution in [1.29, 1.82) is 0 Å². The number of nitrogens with zero attached hydrogens (tertiary/aromatic N) is 1. The lowest BCUT2D eigenvalue weighted by atomic mass is 9.99. The van der Waals surface area contributed by atoms with Gasteiger partial charge in [-0.1, -0.05) is 54.1 Å². The van der Waals surface area contributed by atoms with Crippen LogP contribution in [-0.2, 0) is 11.0 Å². The number of thiazole rings is 1. The molecule has 0 radical (unpaired) electrons. The Labute approximate surface area is 145 Å². The third-order valence-electron chi connectivity index (χ3n) is 3.11. The van der Waals surface area contributed by atoms with Crippen LogP contribution in [0.25, 0.3) is 5.57 Å². The van der Waals surface area contributed by atoms with Crippen LogP contribution in [0.5, 0.6) is 10.9 Å². The zero-order chi connectivity index (χ0) is 17.9. The van der Waals surface area contributed by atoms with Crippen LogP contribution < -0.4 is 4.74 Å². The molecular formula is C16H13ClF3NO2S. The van der Waals surface area contributed by atoms with E-state index in [1.54, 1.807) is 44.2 Å². The molecule has 1 heterocycles. The molecule has 0 fully saturated rings. The van der Waals surface area contributed by atoms with Crippen molar-refractivity contribution in [1.82, 2.24) is 4.98 Å².